The number of nitriles is 1. The van der Waals surface area contributed by atoms with Crippen LogP contribution in [0.15, 0.2) is 41.3 Å². The molecule has 2 unspecified atom stereocenters. The van der Waals surface area contributed by atoms with Gasteiger partial charge in [0.1, 0.15) is 17.5 Å². The molecule has 0 spiro atoms. The van der Waals surface area contributed by atoms with Gasteiger partial charge in [0.15, 0.2) is 0 Å². The third-order valence-electron chi connectivity index (χ3n) is 4.96. The summed E-state index contributed by atoms with van der Waals surface area (Å²) in [6.07, 6.45) is 1.40. The molecule has 1 N–H and O–H groups in total. The van der Waals surface area contributed by atoms with Crippen molar-refractivity contribution in [2.75, 3.05) is 6.61 Å². The maximum atomic E-state index is 12.8. The van der Waals surface area contributed by atoms with Crippen LogP contribution in [0.2, 0.25) is 0 Å². The van der Waals surface area contributed by atoms with E-state index < -0.39 is 22.8 Å². The number of ether oxygens (including phenoxy) is 1. The van der Waals surface area contributed by atoms with Crippen LogP contribution in [0.3, 0.4) is 0 Å². The van der Waals surface area contributed by atoms with Crippen LogP contribution < -0.4 is 10.3 Å². The maximum absolute atomic E-state index is 12.8. The zero-order valence-corrected chi connectivity index (χ0v) is 16.1. The van der Waals surface area contributed by atoms with Gasteiger partial charge in [-0.1, -0.05) is 0 Å². The molecule has 0 aliphatic carbocycles. The molecule has 1 aromatic carbocycles. The number of rotatable bonds is 6. The van der Waals surface area contributed by atoms with Gasteiger partial charge in [0.2, 0.25) is 0 Å². The third kappa shape index (κ3) is 4.22. The number of hydrogen-bond donors (Lipinski definition) is 1. The molecule has 2 aromatic rings. The number of nitrogens with zero attached hydrogens (tertiary/aromatic N) is 3. The van der Waals surface area contributed by atoms with Crippen molar-refractivity contribution < 1.29 is 19.8 Å². The molecule has 1 aromatic heterocycles. The van der Waals surface area contributed by atoms with Gasteiger partial charge in [-0.15, -0.1) is 10.1 Å². The SMILES string of the molecule is CC1(C)Oc2ccc(C#N)cc2C(n2ccc(CCCO[N+](=O)[O-])cc2=O)C1O. The fraction of sp³-hybridized carbons (Fsp3) is 0.400. The molecule has 2 heterocycles. The first-order valence-corrected chi connectivity index (χ1v) is 9.12. The summed E-state index contributed by atoms with van der Waals surface area (Å²) in [6.45, 7) is 3.42. The van der Waals surface area contributed by atoms with E-state index in [4.69, 9.17) is 4.74 Å². The molecule has 0 saturated heterocycles. The minimum Gasteiger partial charge on any atom is -0.485 e. The number of aliphatic hydroxyl groups excluding tert-OH is 1. The molecule has 0 fully saturated rings. The summed E-state index contributed by atoms with van der Waals surface area (Å²) in [7, 11) is 0. The molecule has 3 rings (SSSR count). The van der Waals surface area contributed by atoms with Crippen molar-refractivity contribution in [3.63, 3.8) is 0 Å². The quantitative estimate of drug-likeness (QED) is 0.447. The van der Waals surface area contributed by atoms with E-state index >= 15 is 0 Å². The summed E-state index contributed by atoms with van der Waals surface area (Å²) in [5.74, 6) is 0.511. The minimum absolute atomic E-state index is 0.0483. The van der Waals surface area contributed by atoms with Crippen molar-refractivity contribution in [3.05, 3.63) is 73.7 Å². The number of aryl methyl sites for hydroxylation is 1. The molecule has 1 aliphatic rings. The highest BCUT2D eigenvalue weighted by Crippen LogP contribution is 2.41. The number of fused-ring (bicyclic) bond motifs is 1. The van der Waals surface area contributed by atoms with Crippen molar-refractivity contribution in [2.45, 2.75) is 44.4 Å². The number of aliphatic hydroxyl groups is 1. The van der Waals surface area contributed by atoms with E-state index in [1.807, 2.05) is 0 Å². The maximum Gasteiger partial charge on any atom is 0.294 e. The topological polar surface area (TPSA) is 128 Å². The summed E-state index contributed by atoms with van der Waals surface area (Å²) in [6, 6.07) is 9.43. The highest BCUT2D eigenvalue weighted by atomic mass is 16.9. The Morgan fingerprint density at radius 3 is 2.79 bits per heavy atom. The Labute approximate surface area is 166 Å². The molecule has 2 atom stereocenters. The van der Waals surface area contributed by atoms with E-state index in [1.165, 1.54) is 10.6 Å². The Morgan fingerprint density at radius 1 is 1.38 bits per heavy atom. The smallest absolute Gasteiger partial charge is 0.294 e. The van der Waals surface area contributed by atoms with Gasteiger partial charge in [0, 0.05) is 17.8 Å². The Hall–Kier alpha value is -3.38. The van der Waals surface area contributed by atoms with Crippen LogP contribution in [0.1, 0.15) is 43.0 Å². The summed E-state index contributed by atoms with van der Waals surface area (Å²) in [4.78, 5) is 27.3. The largest absolute Gasteiger partial charge is 0.485 e. The summed E-state index contributed by atoms with van der Waals surface area (Å²) < 4.78 is 7.31. The van der Waals surface area contributed by atoms with Crippen molar-refractivity contribution >= 4 is 0 Å². The van der Waals surface area contributed by atoms with Crippen LogP contribution >= 0.6 is 0 Å². The second kappa shape index (κ2) is 7.93. The van der Waals surface area contributed by atoms with Crippen LogP contribution in [0.5, 0.6) is 5.75 Å². The molecule has 0 radical (unpaired) electrons. The number of pyridine rings is 1. The molecular formula is C20H21N3O6. The summed E-state index contributed by atoms with van der Waals surface area (Å²) in [5.41, 5.74) is 0.409. The average molecular weight is 399 g/mol. The summed E-state index contributed by atoms with van der Waals surface area (Å²) >= 11 is 0. The first kappa shape index (κ1) is 20.4. The van der Waals surface area contributed by atoms with E-state index in [1.54, 1.807) is 44.3 Å². The van der Waals surface area contributed by atoms with Crippen LogP contribution in [0, 0.1) is 21.4 Å². The van der Waals surface area contributed by atoms with E-state index in [0.29, 0.717) is 35.3 Å². The van der Waals surface area contributed by atoms with Crippen molar-refractivity contribution in [3.8, 4) is 11.8 Å². The molecule has 29 heavy (non-hydrogen) atoms. The number of benzene rings is 1. The molecule has 152 valence electrons. The predicted octanol–water partition coefficient (Wildman–Crippen LogP) is 1.98. The zero-order valence-electron chi connectivity index (χ0n) is 16.1. The van der Waals surface area contributed by atoms with E-state index in [2.05, 4.69) is 10.9 Å². The van der Waals surface area contributed by atoms with Crippen molar-refractivity contribution in [1.82, 2.24) is 4.57 Å². The molecule has 0 saturated carbocycles. The highest BCUT2D eigenvalue weighted by Gasteiger charge is 2.44. The van der Waals surface area contributed by atoms with E-state index in [9.17, 15) is 25.3 Å². The molecule has 0 amide bonds. The van der Waals surface area contributed by atoms with Gasteiger partial charge in [-0.05, 0) is 56.5 Å². The molecule has 1 aliphatic heterocycles. The van der Waals surface area contributed by atoms with Crippen molar-refractivity contribution in [2.24, 2.45) is 0 Å². The lowest BCUT2D eigenvalue weighted by atomic mass is 9.85. The lowest BCUT2D eigenvalue weighted by Crippen LogP contribution is -2.52. The molecule has 9 heteroatoms. The van der Waals surface area contributed by atoms with Crippen LogP contribution in [0.25, 0.3) is 0 Å². The predicted molar refractivity (Wildman–Crippen MR) is 102 cm³/mol. The standard InChI is InChI=1S/C20H21N3O6/c1-20(2)19(25)18(15-10-14(12-21)5-6-16(15)29-20)22-8-7-13(11-17(22)24)4-3-9-28-23(26)27/h5-8,10-11,18-19,25H,3-4,9H2,1-2H3. The Kier molecular flexibility index (Phi) is 5.57. The Morgan fingerprint density at radius 2 is 2.14 bits per heavy atom. The Bertz CT molecular complexity index is 1020. The van der Waals surface area contributed by atoms with Gasteiger partial charge in [0.05, 0.1) is 24.3 Å². The van der Waals surface area contributed by atoms with Crippen LogP contribution in [-0.2, 0) is 11.3 Å². The average Bonchev–Trinajstić information content (AvgIpc) is 2.66. The van der Waals surface area contributed by atoms with Crippen LogP contribution in [-0.4, -0.2) is 33.1 Å². The van der Waals surface area contributed by atoms with Gasteiger partial charge < -0.3 is 19.2 Å². The first-order valence-electron chi connectivity index (χ1n) is 9.12. The minimum atomic E-state index is -1.03. The molecule has 9 nitrogen and oxygen atoms in total. The highest BCUT2D eigenvalue weighted by molar-refractivity contribution is 5.46. The zero-order chi connectivity index (χ0) is 21.2. The number of hydrogen-bond acceptors (Lipinski definition) is 7. The van der Waals surface area contributed by atoms with E-state index in [0.717, 1.165) is 0 Å². The van der Waals surface area contributed by atoms with Gasteiger partial charge in [0.25, 0.3) is 10.6 Å². The van der Waals surface area contributed by atoms with Crippen molar-refractivity contribution in [1.29, 1.82) is 5.26 Å². The monoisotopic (exact) mass is 399 g/mol. The molecular weight excluding hydrogens is 378 g/mol. The fourth-order valence-electron chi connectivity index (χ4n) is 3.47. The van der Waals surface area contributed by atoms with Gasteiger partial charge in [-0.3, -0.25) is 4.79 Å². The first-order chi connectivity index (χ1) is 13.7. The summed E-state index contributed by atoms with van der Waals surface area (Å²) in [5, 5.41) is 29.5. The second-order valence-electron chi connectivity index (χ2n) is 7.40. The molecule has 0 bridgehead atoms. The van der Waals surface area contributed by atoms with Gasteiger partial charge in [-0.2, -0.15) is 5.26 Å². The third-order valence-corrected chi connectivity index (χ3v) is 4.96. The van der Waals surface area contributed by atoms with E-state index in [-0.39, 0.29) is 12.2 Å². The lowest BCUT2D eigenvalue weighted by molar-refractivity contribution is -0.757. The fourth-order valence-corrected chi connectivity index (χ4v) is 3.47. The number of aromatic nitrogens is 1. The second-order valence-corrected chi connectivity index (χ2v) is 7.40. The lowest BCUT2D eigenvalue weighted by Gasteiger charge is -2.42. The van der Waals surface area contributed by atoms with Crippen LogP contribution in [0.4, 0.5) is 0 Å². The normalized spacial score (nSPS) is 19.5. The Balaban J connectivity index is 1.94. The van der Waals surface area contributed by atoms with Gasteiger partial charge in [-0.25, -0.2) is 0 Å². The van der Waals surface area contributed by atoms with Gasteiger partial charge >= 0.3 is 0 Å².